The number of hydrogen-bond donors (Lipinski definition) is 0. The Kier molecular flexibility index (Phi) is 8.67. The number of hydrogen-bond acceptors (Lipinski definition) is 4. The minimum Gasteiger partial charge on any atom is -0.265 e. The van der Waals surface area contributed by atoms with Crippen molar-refractivity contribution >= 4 is 60.4 Å². The molecule has 0 saturated carbocycles. The van der Waals surface area contributed by atoms with E-state index < -0.39 is 19.9 Å². The van der Waals surface area contributed by atoms with Crippen LogP contribution in [-0.4, -0.2) is 34.9 Å². The third-order valence-electron chi connectivity index (χ3n) is 4.33. The van der Waals surface area contributed by atoms with Crippen molar-refractivity contribution in [2.75, 3.05) is 22.4 Å². The summed E-state index contributed by atoms with van der Waals surface area (Å²) in [6, 6.07) is 10.5. The molecule has 2 rings (SSSR count). The highest BCUT2D eigenvalue weighted by Crippen LogP contribution is 2.33. The Morgan fingerprint density at radius 3 is 2.07 bits per heavy atom. The molecular weight excluding hydrogens is 477 g/mol. The first-order chi connectivity index (χ1) is 13.6. The van der Waals surface area contributed by atoms with E-state index in [0.717, 1.165) is 0 Å². The highest BCUT2D eigenvalue weighted by atomic mass is 35.5. The van der Waals surface area contributed by atoms with Crippen LogP contribution in [0.15, 0.2) is 47.4 Å². The van der Waals surface area contributed by atoms with Gasteiger partial charge in [-0.1, -0.05) is 48.1 Å². The van der Waals surface area contributed by atoms with Crippen LogP contribution < -0.4 is 4.31 Å². The zero-order chi connectivity index (χ0) is 21.7. The zero-order valence-corrected chi connectivity index (χ0v) is 19.7. The number of sulfonamides is 1. The fourth-order valence-electron chi connectivity index (χ4n) is 2.68. The summed E-state index contributed by atoms with van der Waals surface area (Å²) < 4.78 is 51.0. The van der Waals surface area contributed by atoms with E-state index >= 15 is 0 Å². The van der Waals surface area contributed by atoms with Crippen molar-refractivity contribution in [3.8, 4) is 0 Å². The average Bonchev–Trinajstić information content (AvgIpc) is 2.67. The molecular formula is C19H22Cl3NO4S2. The van der Waals surface area contributed by atoms with Gasteiger partial charge in [0.2, 0.25) is 0 Å². The quantitative estimate of drug-likeness (QED) is 0.409. The second-order valence-corrected chi connectivity index (χ2v) is 12.0. The number of halogens is 3. The Morgan fingerprint density at radius 2 is 1.45 bits per heavy atom. The van der Waals surface area contributed by atoms with Crippen LogP contribution in [-0.2, 0) is 19.9 Å². The van der Waals surface area contributed by atoms with Gasteiger partial charge < -0.3 is 0 Å². The number of unbranched alkanes of at least 4 members (excludes halogenated alkanes) is 2. The second-order valence-electron chi connectivity index (χ2n) is 6.42. The van der Waals surface area contributed by atoms with Crippen LogP contribution in [0.2, 0.25) is 15.1 Å². The smallest absolute Gasteiger partial charge is 0.264 e. The molecule has 0 N–H and O–H groups in total. The molecule has 0 spiro atoms. The topological polar surface area (TPSA) is 71.5 Å². The SMILES string of the molecule is CCS(=O)(=O)CCCCCN(c1cc(Cl)ccc1Cl)S(=O)(=O)c1ccc(Cl)cc1. The van der Waals surface area contributed by atoms with Crippen molar-refractivity contribution < 1.29 is 16.8 Å². The lowest BCUT2D eigenvalue weighted by atomic mass is 10.2. The van der Waals surface area contributed by atoms with Gasteiger partial charge in [0, 0.05) is 22.3 Å². The Hall–Kier alpha value is -0.990. The third kappa shape index (κ3) is 6.76. The summed E-state index contributed by atoms with van der Waals surface area (Å²) in [7, 11) is -6.96. The molecule has 0 saturated heterocycles. The summed E-state index contributed by atoms with van der Waals surface area (Å²) in [5.74, 6) is 0.188. The Morgan fingerprint density at radius 1 is 0.828 bits per heavy atom. The van der Waals surface area contributed by atoms with Gasteiger partial charge >= 0.3 is 0 Å². The van der Waals surface area contributed by atoms with Crippen LogP contribution in [0.25, 0.3) is 0 Å². The third-order valence-corrected chi connectivity index (χ3v) is 8.76. The van der Waals surface area contributed by atoms with Crippen molar-refractivity contribution in [1.82, 2.24) is 0 Å². The predicted octanol–water partition coefficient (Wildman–Crippen LogP) is 5.45. The van der Waals surface area contributed by atoms with Crippen molar-refractivity contribution in [3.63, 3.8) is 0 Å². The molecule has 0 aliphatic rings. The molecule has 0 atom stereocenters. The van der Waals surface area contributed by atoms with Gasteiger partial charge in [-0.2, -0.15) is 0 Å². The molecule has 10 heteroatoms. The summed E-state index contributed by atoms with van der Waals surface area (Å²) in [5, 5.41) is 1.03. The van der Waals surface area contributed by atoms with Crippen LogP contribution in [0.4, 0.5) is 5.69 Å². The maximum atomic E-state index is 13.3. The average molecular weight is 499 g/mol. The molecule has 0 fully saturated rings. The molecule has 0 bridgehead atoms. The Balaban J connectivity index is 2.27. The lowest BCUT2D eigenvalue weighted by molar-refractivity contribution is 0.582. The minimum atomic E-state index is -3.92. The van der Waals surface area contributed by atoms with Crippen molar-refractivity contribution in [3.05, 3.63) is 57.5 Å². The second kappa shape index (κ2) is 10.4. The van der Waals surface area contributed by atoms with Crippen LogP contribution in [0.5, 0.6) is 0 Å². The molecule has 2 aromatic rings. The maximum Gasteiger partial charge on any atom is 0.264 e. The van der Waals surface area contributed by atoms with E-state index in [4.69, 9.17) is 34.8 Å². The van der Waals surface area contributed by atoms with Gasteiger partial charge in [-0.05, 0) is 55.3 Å². The number of anilines is 1. The molecule has 0 heterocycles. The standard InChI is InChI=1S/C19H22Cl3NO4S2/c1-2-28(24,25)13-5-3-4-12-23(19-14-16(21)8-11-18(19)22)29(26,27)17-9-6-15(20)7-10-17/h6-11,14H,2-5,12-13H2,1H3. The molecule has 0 amide bonds. The molecule has 2 aromatic carbocycles. The molecule has 29 heavy (non-hydrogen) atoms. The number of benzene rings is 2. The van der Waals surface area contributed by atoms with Crippen molar-refractivity contribution in [1.29, 1.82) is 0 Å². The normalized spacial score (nSPS) is 12.1. The first kappa shape index (κ1) is 24.3. The molecule has 0 aromatic heterocycles. The predicted molar refractivity (Wildman–Crippen MR) is 121 cm³/mol. The fourth-order valence-corrected chi connectivity index (χ4v) is 5.69. The number of nitrogens with zero attached hydrogens (tertiary/aromatic N) is 1. The number of rotatable bonds is 10. The van der Waals surface area contributed by atoms with Gasteiger partial charge in [-0.3, -0.25) is 4.31 Å². The van der Waals surface area contributed by atoms with E-state index in [2.05, 4.69) is 0 Å². The molecule has 0 radical (unpaired) electrons. The van der Waals surface area contributed by atoms with Gasteiger partial charge in [-0.25, -0.2) is 16.8 Å². The fraction of sp³-hybridized carbons (Fsp3) is 0.368. The monoisotopic (exact) mass is 497 g/mol. The van der Waals surface area contributed by atoms with Gasteiger partial charge in [0.25, 0.3) is 10.0 Å². The zero-order valence-electron chi connectivity index (χ0n) is 15.8. The lowest BCUT2D eigenvalue weighted by Gasteiger charge is -2.25. The minimum absolute atomic E-state index is 0.0755. The summed E-state index contributed by atoms with van der Waals surface area (Å²) in [6.45, 7) is 1.74. The number of sulfone groups is 1. The summed E-state index contributed by atoms with van der Waals surface area (Å²) in [4.78, 5) is 0.0755. The summed E-state index contributed by atoms with van der Waals surface area (Å²) in [5.41, 5.74) is 0.273. The van der Waals surface area contributed by atoms with E-state index in [1.807, 2.05) is 0 Å². The molecule has 160 valence electrons. The van der Waals surface area contributed by atoms with Gasteiger partial charge in [0.05, 0.1) is 21.4 Å². The van der Waals surface area contributed by atoms with Gasteiger partial charge in [-0.15, -0.1) is 0 Å². The van der Waals surface area contributed by atoms with E-state index in [1.54, 1.807) is 13.0 Å². The maximum absolute atomic E-state index is 13.3. The van der Waals surface area contributed by atoms with E-state index in [0.29, 0.717) is 29.3 Å². The first-order valence-corrected chi connectivity index (χ1v) is 13.4. The highest BCUT2D eigenvalue weighted by molar-refractivity contribution is 7.92. The first-order valence-electron chi connectivity index (χ1n) is 9.00. The van der Waals surface area contributed by atoms with E-state index in [-0.39, 0.29) is 33.7 Å². The molecule has 0 aliphatic heterocycles. The van der Waals surface area contributed by atoms with Crippen LogP contribution in [0.3, 0.4) is 0 Å². The Bertz CT molecular complexity index is 1040. The molecule has 5 nitrogen and oxygen atoms in total. The van der Waals surface area contributed by atoms with Crippen LogP contribution in [0, 0.1) is 0 Å². The van der Waals surface area contributed by atoms with Gasteiger partial charge in [0.1, 0.15) is 9.84 Å². The van der Waals surface area contributed by atoms with Crippen LogP contribution in [0.1, 0.15) is 26.2 Å². The van der Waals surface area contributed by atoms with E-state index in [1.165, 1.54) is 40.7 Å². The van der Waals surface area contributed by atoms with Crippen molar-refractivity contribution in [2.45, 2.75) is 31.1 Å². The van der Waals surface area contributed by atoms with Crippen LogP contribution >= 0.6 is 34.8 Å². The summed E-state index contributed by atoms with van der Waals surface area (Å²) in [6.07, 6.45) is 1.49. The highest BCUT2D eigenvalue weighted by Gasteiger charge is 2.26. The van der Waals surface area contributed by atoms with Gasteiger partial charge in [0.15, 0.2) is 0 Å². The van der Waals surface area contributed by atoms with E-state index in [9.17, 15) is 16.8 Å². The Labute approximate surface area is 187 Å². The molecule has 0 aliphatic carbocycles. The van der Waals surface area contributed by atoms with Crippen molar-refractivity contribution in [2.24, 2.45) is 0 Å². The largest absolute Gasteiger partial charge is 0.265 e. The molecule has 0 unspecified atom stereocenters. The summed E-state index contributed by atoms with van der Waals surface area (Å²) >= 11 is 18.2. The lowest BCUT2D eigenvalue weighted by Crippen LogP contribution is -2.32.